The van der Waals surface area contributed by atoms with Gasteiger partial charge in [0.05, 0.1) is 24.5 Å². The van der Waals surface area contributed by atoms with Crippen molar-refractivity contribution in [3.05, 3.63) is 0 Å². The van der Waals surface area contributed by atoms with Crippen molar-refractivity contribution < 1.29 is 9.47 Å². The fourth-order valence-electron chi connectivity index (χ4n) is 1.27. The lowest BCUT2D eigenvalue weighted by molar-refractivity contribution is -0.133. The number of hydrogen-bond donors (Lipinski definition) is 1. The molecule has 0 rings (SSSR count). The summed E-state index contributed by atoms with van der Waals surface area (Å²) in [5.41, 5.74) is 5.04. The Hall–Kier alpha value is -0.120. The molecule has 0 spiro atoms. The third-order valence-electron chi connectivity index (χ3n) is 2.37. The Morgan fingerprint density at radius 3 is 2.07 bits per heavy atom. The summed E-state index contributed by atoms with van der Waals surface area (Å²) >= 11 is 0. The molecule has 14 heavy (non-hydrogen) atoms. The van der Waals surface area contributed by atoms with E-state index in [4.69, 9.17) is 15.2 Å². The van der Waals surface area contributed by atoms with Crippen LogP contribution in [0.4, 0.5) is 0 Å². The molecule has 0 aromatic heterocycles. The number of ether oxygens (including phenoxy) is 2. The monoisotopic (exact) mass is 203 g/mol. The first-order valence-electron chi connectivity index (χ1n) is 5.31. The Morgan fingerprint density at radius 2 is 1.64 bits per heavy atom. The molecule has 0 fully saturated rings. The van der Waals surface area contributed by atoms with Gasteiger partial charge in [-0.15, -0.1) is 0 Å². The first-order chi connectivity index (χ1) is 6.33. The van der Waals surface area contributed by atoms with E-state index in [0.717, 1.165) is 12.8 Å². The molecule has 3 nitrogen and oxygen atoms in total. The van der Waals surface area contributed by atoms with Gasteiger partial charge in [0.1, 0.15) is 0 Å². The van der Waals surface area contributed by atoms with Crippen molar-refractivity contribution in [2.45, 2.75) is 58.7 Å². The standard InChI is InChI=1S/C11H25NO2/c1-6-10(2,3)14-11(4,5)7-8-13-9-12/h6-9,12H2,1-5H3. The molecule has 2 N–H and O–H groups in total. The van der Waals surface area contributed by atoms with E-state index < -0.39 is 0 Å². The van der Waals surface area contributed by atoms with Crippen molar-refractivity contribution in [1.82, 2.24) is 0 Å². The Morgan fingerprint density at radius 1 is 1.07 bits per heavy atom. The minimum Gasteiger partial charge on any atom is -0.370 e. The van der Waals surface area contributed by atoms with E-state index in [1.54, 1.807) is 0 Å². The SMILES string of the molecule is CCC(C)(C)OC(C)(C)CCOCN. The summed E-state index contributed by atoms with van der Waals surface area (Å²) in [4.78, 5) is 0. The van der Waals surface area contributed by atoms with Crippen LogP contribution in [0.25, 0.3) is 0 Å². The summed E-state index contributed by atoms with van der Waals surface area (Å²) in [5, 5.41) is 0. The average molecular weight is 203 g/mol. The van der Waals surface area contributed by atoms with Crippen LogP contribution in [0.15, 0.2) is 0 Å². The van der Waals surface area contributed by atoms with E-state index in [2.05, 4.69) is 34.6 Å². The molecule has 0 unspecified atom stereocenters. The predicted octanol–water partition coefficient (Wildman–Crippen LogP) is 2.29. The maximum atomic E-state index is 6.00. The molecule has 86 valence electrons. The highest BCUT2D eigenvalue weighted by molar-refractivity contribution is 4.76. The molecule has 0 saturated heterocycles. The first kappa shape index (κ1) is 13.9. The van der Waals surface area contributed by atoms with E-state index in [-0.39, 0.29) is 17.9 Å². The Labute approximate surface area is 88.0 Å². The van der Waals surface area contributed by atoms with Crippen LogP contribution in [-0.2, 0) is 9.47 Å². The minimum absolute atomic E-state index is 0.0633. The second-order valence-corrected chi connectivity index (χ2v) is 4.80. The van der Waals surface area contributed by atoms with Gasteiger partial charge in [0.25, 0.3) is 0 Å². The van der Waals surface area contributed by atoms with Crippen molar-refractivity contribution in [2.75, 3.05) is 13.3 Å². The lowest BCUT2D eigenvalue weighted by atomic mass is 10.0. The van der Waals surface area contributed by atoms with Crippen LogP contribution in [0.3, 0.4) is 0 Å². The van der Waals surface area contributed by atoms with Gasteiger partial charge in [-0.3, -0.25) is 0 Å². The highest BCUT2D eigenvalue weighted by atomic mass is 16.5. The fraction of sp³-hybridized carbons (Fsp3) is 1.00. The van der Waals surface area contributed by atoms with Gasteiger partial charge < -0.3 is 15.2 Å². The summed E-state index contributed by atoms with van der Waals surface area (Å²) in [5.74, 6) is 0. The van der Waals surface area contributed by atoms with Crippen LogP contribution >= 0.6 is 0 Å². The summed E-state index contributed by atoms with van der Waals surface area (Å²) in [6.07, 6.45) is 1.88. The van der Waals surface area contributed by atoms with Gasteiger partial charge in [-0.2, -0.15) is 0 Å². The Balaban J connectivity index is 3.93. The third-order valence-corrected chi connectivity index (χ3v) is 2.37. The molecule has 0 bridgehead atoms. The zero-order valence-electron chi connectivity index (χ0n) is 10.2. The third kappa shape index (κ3) is 6.35. The molecule has 0 aromatic carbocycles. The Bertz CT molecular complexity index is 155. The van der Waals surface area contributed by atoms with Crippen LogP contribution in [0.1, 0.15) is 47.5 Å². The van der Waals surface area contributed by atoms with Crippen LogP contribution in [-0.4, -0.2) is 24.5 Å². The van der Waals surface area contributed by atoms with Crippen molar-refractivity contribution in [3.63, 3.8) is 0 Å². The van der Waals surface area contributed by atoms with Crippen LogP contribution in [0.5, 0.6) is 0 Å². The molecule has 0 saturated carbocycles. The maximum Gasteiger partial charge on any atom is 0.0940 e. The number of hydrogen-bond acceptors (Lipinski definition) is 3. The molecule has 0 heterocycles. The van der Waals surface area contributed by atoms with Crippen LogP contribution in [0, 0.1) is 0 Å². The van der Waals surface area contributed by atoms with Gasteiger partial charge >= 0.3 is 0 Å². The topological polar surface area (TPSA) is 44.5 Å². The highest BCUT2D eigenvalue weighted by Crippen LogP contribution is 2.25. The molecule has 0 aliphatic rings. The molecular formula is C11H25NO2. The molecule has 3 heteroatoms. The van der Waals surface area contributed by atoms with Crippen molar-refractivity contribution in [1.29, 1.82) is 0 Å². The second-order valence-electron chi connectivity index (χ2n) is 4.80. The fourth-order valence-corrected chi connectivity index (χ4v) is 1.27. The molecular weight excluding hydrogens is 178 g/mol. The minimum atomic E-state index is -0.144. The molecule has 0 radical (unpaired) electrons. The molecule has 0 atom stereocenters. The van der Waals surface area contributed by atoms with Gasteiger partial charge in [0, 0.05) is 0 Å². The number of nitrogens with two attached hydrogens (primary N) is 1. The molecule has 0 aromatic rings. The van der Waals surface area contributed by atoms with Crippen molar-refractivity contribution in [2.24, 2.45) is 5.73 Å². The van der Waals surface area contributed by atoms with E-state index in [1.165, 1.54) is 0 Å². The summed E-state index contributed by atoms with van der Waals surface area (Å²) in [7, 11) is 0. The summed E-state index contributed by atoms with van der Waals surface area (Å²) < 4.78 is 11.1. The normalized spacial score (nSPS) is 13.3. The molecule has 0 aliphatic heterocycles. The van der Waals surface area contributed by atoms with Crippen LogP contribution < -0.4 is 5.73 Å². The van der Waals surface area contributed by atoms with Gasteiger partial charge in [-0.1, -0.05) is 6.92 Å². The zero-order chi connectivity index (χ0) is 11.2. The van der Waals surface area contributed by atoms with Gasteiger partial charge in [0.2, 0.25) is 0 Å². The zero-order valence-corrected chi connectivity index (χ0v) is 10.2. The van der Waals surface area contributed by atoms with E-state index in [1.807, 2.05) is 0 Å². The lowest BCUT2D eigenvalue weighted by Gasteiger charge is -2.35. The summed E-state index contributed by atoms with van der Waals surface area (Å²) in [6, 6.07) is 0. The van der Waals surface area contributed by atoms with Gasteiger partial charge in [-0.05, 0) is 40.5 Å². The molecule has 0 aliphatic carbocycles. The van der Waals surface area contributed by atoms with Crippen LogP contribution in [0.2, 0.25) is 0 Å². The maximum absolute atomic E-state index is 6.00. The van der Waals surface area contributed by atoms with Crippen molar-refractivity contribution in [3.8, 4) is 0 Å². The van der Waals surface area contributed by atoms with Crippen molar-refractivity contribution >= 4 is 0 Å². The Kier molecular flexibility index (Phi) is 5.64. The first-order valence-corrected chi connectivity index (χ1v) is 5.31. The number of rotatable bonds is 7. The van der Waals surface area contributed by atoms with Gasteiger partial charge in [-0.25, -0.2) is 0 Å². The second kappa shape index (κ2) is 5.69. The predicted molar refractivity (Wildman–Crippen MR) is 59.2 cm³/mol. The summed E-state index contributed by atoms with van der Waals surface area (Å²) in [6.45, 7) is 11.5. The lowest BCUT2D eigenvalue weighted by Crippen LogP contribution is -2.37. The average Bonchev–Trinajstić information content (AvgIpc) is 2.03. The van der Waals surface area contributed by atoms with E-state index in [9.17, 15) is 0 Å². The van der Waals surface area contributed by atoms with E-state index in [0.29, 0.717) is 6.61 Å². The quantitative estimate of drug-likeness (QED) is 0.510. The highest BCUT2D eigenvalue weighted by Gasteiger charge is 2.27. The smallest absolute Gasteiger partial charge is 0.0940 e. The van der Waals surface area contributed by atoms with E-state index >= 15 is 0 Å². The molecule has 0 amide bonds. The van der Waals surface area contributed by atoms with Gasteiger partial charge in [0.15, 0.2) is 0 Å². The largest absolute Gasteiger partial charge is 0.370 e.